The number of carbonyl (C=O) groups is 1. The van der Waals surface area contributed by atoms with Crippen molar-refractivity contribution < 1.29 is 15.0 Å². The van der Waals surface area contributed by atoms with Crippen molar-refractivity contribution in [2.75, 3.05) is 13.1 Å². The zero-order valence-electron chi connectivity index (χ0n) is 10.2. The molecule has 0 aliphatic carbocycles. The molecule has 18 heavy (non-hydrogen) atoms. The lowest BCUT2D eigenvalue weighted by atomic mass is 9.89. The average Bonchev–Trinajstić information content (AvgIpc) is 2.29. The fourth-order valence-electron chi connectivity index (χ4n) is 2.26. The molecule has 1 fully saturated rings. The molecule has 1 saturated heterocycles. The largest absolute Gasteiger partial charge is 0.507 e. The van der Waals surface area contributed by atoms with Crippen molar-refractivity contribution in [1.29, 1.82) is 0 Å². The van der Waals surface area contributed by atoms with Gasteiger partial charge in [-0.2, -0.15) is 0 Å². The Bertz CT molecular complexity index is 469. The molecule has 0 aromatic heterocycles. The summed E-state index contributed by atoms with van der Waals surface area (Å²) in [5.41, 5.74) is -0.281. The predicted octanol–water partition coefficient (Wildman–Crippen LogP) is 2.14. The van der Waals surface area contributed by atoms with Crippen molar-refractivity contribution in [3.63, 3.8) is 0 Å². The topological polar surface area (TPSA) is 60.8 Å². The summed E-state index contributed by atoms with van der Waals surface area (Å²) < 4.78 is 0.560. The van der Waals surface area contributed by atoms with Gasteiger partial charge in [-0.05, 0) is 40.5 Å². The van der Waals surface area contributed by atoms with Crippen molar-refractivity contribution in [2.45, 2.75) is 25.4 Å². The third kappa shape index (κ3) is 2.52. The molecule has 4 nitrogen and oxygen atoms in total. The lowest BCUT2D eigenvalue weighted by Gasteiger charge is -2.46. The Morgan fingerprint density at radius 1 is 1.50 bits per heavy atom. The number of amides is 1. The number of hydrogen-bond donors (Lipinski definition) is 2. The lowest BCUT2D eigenvalue weighted by Crippen LogP contribution is -2.63. The van der Waals surface area contributed by atoms with Gasteiger partial charge in [-0.15, -0.1) is 0 Å². The monoisotopic (exact) mass is 313 g/mol. The van der Waals surface area contributed by atoms with Crippen LogP contribution in [0.15, 0.2) is 22.7 Å². The number of likely N-dealkylation sites (tertiary alicyclic amines) is 1. The summed E-state index contributed by atoms with van der Waals surface area (Å²) in [7, 11) is 0. The maximum atomic E-state index is 12.1. The number of aliphatic hydroxyl groups is 1. The Kier molecular flexibility index (Phi) is 3.64. The van der Waals surface area contributed by atoms with E-state index in [1.165, 1.54) is 6.07 Å². The number of rotatable bonds is 3. The van der Waals surface area contributed by atoms with E-state index in [0.717, 1.165) is 6.42 Å². The molecule has 0 radical (unpaired) electrons. The van der Waals surface area contributed by atoms with Gasteiger partial charge in [0.25, 0.3) is 5.91 Å². The first-order chi connectivity index (χ1) is 8.45. The number of hydrogen-bond acceptors (Lipinski definition) is 3. The average molecular weight is 314 g/mol. The minimum Gasteiger partial charge on any atom is -0.507 e. The Morgan fingerprint density at radius 2 is 2.17 bits per heavy atom. The molecule has 2 N–H and O–H groups in total. The predicted molar refractivity (Wildman–Crippen MR) is 71.6 cm³/mol. The molecule has 1 aromatic carbocycles. The summed E-state index contributed by atoms with van der Waals surface area (Å²) in [6.07, 6.45) is 1.61. The number of halogens is 1. The second kappa shape index (κ2) is 4.90. The number of aromatic hydroxyl groups is 1. The van der Waals surface area contributed by atoms with E-state index >= 15 is 0 Å². The molecule has 1 heterocycles. The Morgan fingerprint density at radius 3 is 2.72 bits per heavy atom. The molecule has 0 spiro atoms. The lowest BCUT2D eigenvalue weighted by molar-refractivity contribution is -0.0860. The van der Waals surface area contributed by atoms with E-state index in [9.17, 15) is 15.0 Å². The Labute approximate surface area is 114 Å². The zero-order valence-corrected chi connectivity index (χ0v) is 11.8. The number of nitrogens with zero attached hydrogens (tertiary/aromatic N) is 1. The minimum absolute atomic E-state index is 0.0465. The number of carbonyl (C=O) groups excluding carboxylic acids is 1. The van der Waals surface area contributed by atoms with E-state index in [-0.39, 0.29) is 11.7 Å². The van der Waals surface area contributed by atoms with Crippen LogP contribution in [0.25, 0.3) is 0 Å². The third-order valence-electron chi connectivity index (χ3n) is 3.17. The summed E-state index contributed by atoms with van der Waals surface area (Å²) in [5, 5.41) is 19.6. The molecule has 98 valence electrons. The van der Waals surface area contributed by atoms with Gasteiger partial charge in [0, 0.05) is 5.56 Å². The molecule has 0 bridgehead atoms. The van der Waals surface area contributed by atoms with Gasteiger partial charge in [0.05, 0.1) is 23.2 Å². The second-order valence-electron chi connectivity index (χ2n) is 4.80. The molecule has 1 aliphatic heterocycles. The van der Waals surface area contributed by atoms with Crippen LogP contribution >= 0.6 is 15.9 Å². The van der Waals surface area contributed by atoms with Crippen LogP contribution in [0.3, 0.4) is 0 Å². The van der Waals surface area contributed by atoms with Crippen LogP contribution in [0.5, 0.6) is 5.75 Å². The molecular weight excluding hydrogens is 298 g/mol. The first-order valence-corrected chi connectivity index (χ1v) is 6.75. The molecule has 5 heteroatoms. The van der Waals surface area contributed by atoms with E-state index in [2.05, 4.69) is 15.9 Å². The number of phenols is 1. The molecule has 2 rings (SSSR count). The van der Waals surface area contributed by atoms with Crippen LogP contribution in [-0.2, 0) is 0 Å². The smallest absolute Gasteiger partial charge is 0.254 e. The van der Waals surface area contributed by atoms with E-state index in [1.807, 2.05) is 6.92 Å². The minimum atomic E-state index is -0.720. The first kappa shape index (κ1) is 13.4. The van der Waals surface area contributed by atoms with E-state index in [4.69, 9.17) is 0 Å². The molecule has 1 aromatic rings. The Hall–Kier alpha value is -1.07. The molecule has 1 aliphatic rings. The summed E-state index contributed by atoms with van der Waals surface area (Å²) in [4.78, 5) is 13.7. The third-order valence-corrected chi connectivity index (χ3v) is 3.84. The molecule has 0 saturated carbocycles. The van der Waals surface area contributed by atoms with E-state index in [1.54, 1.807) is 17.0 Å². The molecular formula is C13H16BrNO3. The van der Waals surface area contributed by atoms with Crippen molar-refractivity contribution >= 4 is 21.8 Å². The van der Waals surface area contributed by atoms with Crippen LogP contribution in [-0.4, -0.2) is 39.7 Å². The Balaban J connectivity index is 2.03. The quantitative estimate of drug-likeness (QED) is 0.898. The van der Waals surface area contributed by atoms with Crippen LogP contribution in [0.2, 0.25) is 0 Å². The highest BCUT2D eigenvalue weighted by atomic mass is 79.9. The van der Waals surface area contributed by atoms with Crippen LogP contribution in [0, 0.1) is 0 Å². The van der Waals surface area contributed by atoms with Crippen molar-refractivity contribution in [2.24, 2.45) is 0 Å². The van der Waals surface area contributed by atoms with Gasteiger partial charge in [-0.25, -0.2) is 0 Å². The number of benzene rings is 1. The fourth-order valence-corrected chi connectivity index (χ4v) is 2.51. The highest BCUT2D eigenvalue weighted by Gasteiger charge is 2.42. The zero-order chi connectivity index (χ0) is 13.3. The molecule has 0 unspecified atom stereocenters. The van der Waals surface area contributed by atoms with Crippen LogP contribution in [0.1, 0.15) is 30.1 Å². The summed E-state index contributed by atoms with van der Waals surface area (Å²) in [5.74, 6) is -0.108. The summed E-state index contributed by atoms with van der Waals surface area (Å²) >= 11 is 3.17. The van der Waals surface area contributed by atoms with Gasteiger partial charge in [-0.3, -0.25) is 4.79 Å². The van der Waals surface area contributed by atoms with Crippen molar-refractivity contribution in [1.82, 2.24) is 4.90 Å². The van der Waals surface area contributed by atoms with Crippen LogP contribution < -0.4 is 0 Å². The summed E-state index contributed by atoms with van der Waals surface area (Å²) in [6, 6.07) is 4.73. The molecule has 1 amide bonds. The highest BCUT2D eigenvalue weighted by molar-refractivity contribution is 9.10. The van der Waals surface area contributed by atoms with E-state index in [0.29, 0.717) is 29.5 Å². The normalized spacial score (nSPS) is 17.4. The fraction of sp³-hybridized carbons (Fsp3) is 0.462. The van der Waals surface area contributed by atoms with Crippen molar-refractivity contribution in [3.05, 3.63) is 28.2 Å². The van der Waals surface area contributed by atoms with Gasteiger partial charge in [-0.1, -0.05) is 13.3 Å². The van der Waals surface area contributed by atoms with Gasteiger partial charge in [0.1, 0.15) is 5.75 Å². The van der Waals surface area contributed by atoms with Crippen molar-refractivity contribution in [3.8, 4) is 5.75 Å². The highest BCUT2D eigenvalue weighted by Crippen LogP contribution is 2.29. The van der Waals surface area contributed by atoms with Gasteiger partial charge < -0.3 is 15.1 Å². The van der Waals surface area contributed by atoms with Gasteiger partial charge >= 0.3 is 0 Å². The first-order valence-electron chi connectivity index (χ1n) is 5.95. The van der Waals surface area contributed by atoms with Gasteiger partial charge in [0.2, 0.25) is 0 Å². The SMILES string of the molecule is CCCC1(O)CN(C(=O)c2ccc(Br)c(O)c2)C1. The number of β-amino-alcohol motifs (C(OH)–C–C–N with tert-alkyl or cyclic N) is 1. The maximum Gasteiger partial charge on any atom is 0.254 e. The maximum absolute atomic E-state index is 12.1. The standard InChI is InChI=1S/C13H16BrNO3/c1-2-5-13(18)7-15(8-13)12(17)9-3-4-10(14)11(16)6-9/h3-4,6,16,18H,2,5,7-8H2,1H3. The second-order valence-corrected chi connectivity index (χ2v) is 5.66. The molecule has 0 atom stereocenters. The van der Waals surface area contributed by atoms with Gasteiger partial charge in [0.15, 0.2) is 0 Å². The van der Waals surface area contributed by atoms with E-state index < -0.39 is 5.60 Å². The number of phenolic OH excluding ortho intramolecular Hbond substituents is 1. The summed E-state index contributed by atoms with van der Waals surface area (Å²) in [6.45, 7) is 2.75. The van der Waals surface area contributed by atoms with Crippen LogP contribution in [0.4, 0.5) is 0 Å².